The first kappa shape index (κ1) is 14.4. The lowest BCUT2D eigenvalue weighted by molar-refractivity contribution is 0.273. The van der Waals surface area contributed by atoms with Crippen molar-refractivity contribution >= 4 is 0 Å². The van der Waals surface area contributed by atoms with E-state index in [1.165, 1.54) is 16.7 Å². The van der Waals surface area contributed by atoms with Crippen LogP contribution in [0.2, 0.25) is 0 Å². The Hall–Kier alpha value is -1.58. The summed E-state index contributed by atoms with van der Waals surface area (Å²) in [5, 5.41) is 3.40. The number of aryl methyl sites for hydroxylation is 1. The highest BCUT2D eigenvalue weighted by Crippen LogP contribution is 2.25. The van der Waals surface area contributed by atoms with Crippen molar-refractivity contribution in [1.82, 2.24) is 10.2 Å². The van der Waals surface area contributed by atoms with Crippen LogP contribution in [0.3, 0.4) is 0 Å². The van der Waals surface area contributed by atoms with Gasteiger partial charge in [0.1, 0.15) is 11.5 Å². The summed E-state index contributed by atoms with van der Waals surface area (Å²) < 4.78 is 5.86. The predicted molar refractivity (Wildman–Crippen MR) is 84.8 cm³/mol. The van der Waals surface area contributed by atoms with Gasteiger partial charge in [0, 0.05) is 31.2 Å². The molecule has 3 rings (SSSR count). The van der Waals surface area contributed by atoms with Gasteiger partial charge in [0.2, 0.25) is 0 Å². The molecular formula is C18H24N2O. The Balaban J connectivity index is 1.64. The zero-order chi connectivity index (χ0) is 14.8. The van der Waals surface area contributed by atoms with E-state index in [0.29, 0.717) is 6.04 Å². The molecule has 3 heteroatoms. The minimum atomic E-state index is 0.479. The van der Waals surface area contributed by atoms with Crippen molar-refractivity contribution in [3.63, 3.8) is 0 Å². The monoisotopic (exact) mass is 284 g/mol. The normalized spacial score (nSPS) is 14.9. The SMILES string of the molecule is Cc1oc(CNC(C)C)cc1CN1Cc2ccccc2C1. The number of hydrogen-bond donors (Lipinski definition) is 1. The maximum absolute atomic E-state index is 5.86. The summed E-state index contributed by atoms with van der Waals surface area (Å²) in [5.74, 6) is 2.08. The van der Waals surface area contributed by atoms with E-state index >= 15 is 0 Å². The molecule has 0 fully saturated rings. The molecule has 1 aliphatic rings. The van der Waals surface area contributed by atoms with Gasteiger partial charge in [-0.1, -0.05) is 38.1 Å². The second-order valence-corrected chi connectivity index (χ2v) is 6.24. The molecule has 1 aliphatic heterocycles. The van der Waals surface area contributed by atoms with Crippen LogP contribution in [0.15, 0.2) is 34.7 Å². The number of hydrogen-bond acceptors (Lipinski definition) is 3. The van der Waals surface area contributed by atoms with E-state index < -0.39 is 0 Å². The number of fused-ring (bicyclic) bond motifs is 1. The molecule has 0 atom stereocenters. The second kappa shape index (κ2) is 6.04. The topological polar surface area (TPSA) is 28.4 Å². The molecule has 0 unspecified atom stereocenters. The van der Waals surface area contributed by atoms with Gasteiger partial charge in [-0.15, -0.1) is 0 Å². The second-order valence-electron chi connectivity index (χ2n) is 6.24. The van der Waals surface area contributed by atoms with Gasteiger partial charge in [-0.2, -0.15) is 0 Å². The Bertz CT molecular complexity index is 590. The van der Waals surface area contributed by atoms with Crippen LogP contribution in [-0.2, 0) is 26.2 Å². The Morgan fingerprint density at radius 1 is 1.19 bits per heavy atom. The fourth-order valence-corrected chi connectivity index (χ4v) is 2.89. The van der Waals surface area contributed by atoms with Crippen molar-refractivity contribution in [2.24, 2.45) is 0 Å². The zero-order valence-electron chi connectivity index (χ0n) is 13.1. The first-order chi connectivity index (χ1) is 10.1. The average molecular weight is 284 g/mol. The van der Waals surface area contributed by atoms with Crippen molar-refractivity contribution in [3.8, 4) is 0 Å². The third-order valence-corrected chi connectivity index (χ3v) is 4.06. The molecule has 21 heavy (non-hydrogen) atoms. The first-order valence-corrected chi connectivity index (χ1v) is 7.72. The Kier molecular flexibility index (Phi) is 4.13. The number of rotatable bonds is 5. The average Bonchev–Trinajstić information content (AvgIpc) is 3.00. The summed E-state index contributed by atoms with van der Waals surface area (Å²) in [5.41, 5.74) is 4.23. The highest BCUT2D eigenvalue weighted by molar-refractivity contribution is 5.31. The summed E-state index contributed by atoms with van der Waals surface area (Å²) in [6.07, 6.45) is 0. The van der Waals surface area contributed by atoms with Gasteiger partial charge in [0.15, 0.2) is 0 Å². The smallest absolute Gasteiger partial charge is 0.118 e. The molecule has 2 heterocycles. The van der Waals surface area contributed by atoms with Crippen molar-refractivity contribution < 1.29 is 4.42 Å². The highest BCUT2D eigenvalue weighted by atomic mass is 16.3. The molecule has 2 aromatic rings. The minimum absolute atomic E-state index is 0.479. The number of nitrogens with one attached hydrogen (secondary N) is 1. The fourth-order valence-electron chi connectivity index (χ4n) is 2.89. The van der Waals surface area contributed by atoms with Gasteiger partial charge in [-0.3, -0.25) is 4.90 Å². The zero-order valence-corrected chi connectivity index (χ0v) is 13.1. The molecule has 112 valence electrons. The van der Waals surface area contributed by atoms with Crippen LogP contribution in [0.25, 0.3) is 0 Å². The van der Waals surface area contributed by atoms with E-state index in [2.05, 4.69) is 61.3 Å². The lowest BCUT2D eigenvalue weighted by Crippen LogP contribution is -2.21. The van der Waals surface area contributed by atoms with Gasteiger partial charge >= 0.3 is 0 Å². The van der Waals surface area contributed by atoms with Crippen LogP contribution < -0.4 is 5.32 Å². The predicted octanol–water partition coefficient (Wildman–Crippen LogP) is 3.60. The quantitative estimate of drug-likeness (QED) is 0.909. The van der Waals surface area contributed by atoms with Crippen molar-refractivity contribution in [3.05, 3.63) is 58.5 Å². The molecular weight excluding hydrogens is 260 g/mol. The molecule has 0 spiro atoms. The summed E-state index contributed by atoms with van der Waals surface area (Å²) in [7, 11) is 0. The molecule has 1 aromatic carbocycles. The molecule has 0 amide bonds. The maximum atomic E-state index is 5.86. The van der Waals surface area contributed by atoms with Crippen molar-refractivity contribution in [1.29, 1.82) is 0 Å². The molecule has 0 aliphatic carbocycles. The number of benzene rings is 1. The van der Waals surface area contributed by atoms with Crippen molar-refractivity contribution in [2.45, 2.75) is 53.0 Å². The number of furan rings is 1. The van der Waals surface area contributed by atoms with Crippen LogP contribution in [0.1, 0.15) is 42.1 Å². The Labute approximate surface area is 127 Å². The van der Waals surface area contributed by atoms with Gasteiger partial charge in [-0.25, -0.2) is 0 Å². The summed E-state index contributed by atoms with van der Waals surface area (Å²) in [4.78, 5) is 2.47. The molecule has 0 radical (unpaired) electrons. The molecule has 1 N–H and O–H groups in total. The fraction of sp³-hybridized carbons (Fsp3) is 0.444. The van der Waals surface area contributed by atoms with Gasteiger partial charge in [0.05, 0.1) is 6.54 Å². The van der Waals surface area contributed by atoms with E-state index in [-0.39, 0.29) is 0 Å². The minimum Gasteiger partial charge on any atom is -0.465 e. The molecule has 1 aromatic heterocycles. The van der Waals surface area contributed by atoms with Crippen LogP contribution >= 0.6 is 0 Å². The van der Waals surface area contributed by atoms with Gasteiger partial charge < -0.3 is 9.73 Å². The van der Waals surface area contributed by atoms with Crippen LogP contribution in [0.4, 0.5) is 0 Å². The van der Waals surface area contributed by atoms with Crippen LogP contribution in [0.5, 0.6) is 0 Å². The maximum Gasteiger partial charge on any atom is 0.118 e. The third-order valence-electron chi connectivity index (χ3n) is 4.06. The molecule has 0 bridgehead atoms. The van der Waals surface area contributed by atoms with E-state index in [1.54, 1.807) is 0 Å². The molecule has 3 nitrogen and oxygen atoms in total. The van der Waals surface area contributed by atoms with Crippen LogP contribution in [-0.4, -0.2) is 10.9 Å². The Morgan fingerprint density at radius 2 is 1.86 bits per heavy atom. The molecule has 0 saturated carbocycles. The lowest BCUT2D eigenvalue weighted by Gasteiger charge is -2.13. The standard InChI is InChI=1S/C18H24N2O/c1-13(2)19-9-18-8-17(14(3)21-18)12-20-10-15-6-4-5-7-16(15)11-20/h4-8,13,19H,9-12H2,1-3H3. The van der Waals surface area contributed by atoms with E-state index in [4.69, 9.17) is 4.42 Å². The third kappa shape index (κ3) is 3.36. The van der Waals surface area contributed by atoms with E-state index in [9.17, 15) is 0 Å². The highest BCUT2D eigenvalue weighted by Gasteiger charge is 2.20. The Morgan fingerprint density at radius 3 is 2.48 bits per heavy atom. The van der Waals surface area contributed by atoms with E-state index in [0.717, 1.165) is 37.7 Å². The largest absolute Gasteiger partial charge is 0.465 e. The van der Waals surface area contributed by atoms with Crippen LogP contribution in [0, 0.1) is 6.92 Å². The van der Waals surface area contributed by atoms with Crippen molar-refractivity contribution in [2.75, 3.05) is 0 Å². The summed E-state index contributed by atoms with van der Waals surface area (Å²) in [6.45, 7) is 10.2. The van der Waals surface area contributed by atoms with Gasteiger partial charge in [-0.05, 0) is 24.1 Å². The van der Waals surface area contributed by atoms with E-state index in [1.807, 2.05) is 0 Å². The molecule has 0 saturated heterocycles. The first-order valence-electron chi connectivity index (χ1n) is 7.72. The summed E-state index contributed by atoms with van der Waals surface area (Å²) in [6, 6.07) is 11.4. The number of nitrogens with zero attached hydrogens (tertiary/aromatic N) is 1. The van der Waals surface area contributed by atoms with Gasteiger partial charge in [0.25, 0.3) is 0 Å². The lowest BCUT2D eigenvalue weighted by atomic mass is 10.1. The summed E-state index contributed by atoms with van der Waals surface area (Å²) >= 11 is 0.